The number of nitrogens with zero attached hydrogens (tertiary/aromatic N) is 4. The molecule has 13 heteroatoms. The zero-order valence-electron chi connectivity index (χ0n) is 23.6. The van der Waals surface area contributed by atoms with Crippen LogP contribution in [0.1, 0.15) is 71.9 Å². The van der Waals surface area contributed by atoms with Crippen LogP contribution < -0.4 is 15.5 Å². The van der Waals surface area contributed by atoms with Crippen molar-refractivity contribution >= 4 is 29.1 Å². The molecule has 222 valence electrons. The number of alkyl halides is 3. The van der Waals surface area contributed by atoms with E-state index >= 15 is 0 Å². The van der Waals surface area contributed by atoms with Crippen LogP contribution in [0.2, 0.25) is 0 Å². The minimum Gasteiger partial charge on any atom is -0.377 e. The van der Waals surface area contributed by atoms with E-state index in [1.807, 2.05) is 13.8 Å². The normalized spacial score (nSPS) is 11.8. The van der Waals surface area contributed by atoms with Gasteiger partial charge in [-0.2, -0.15) is 18.3 Å². The molecule has 0 radical (unpaired) electrons. The molecule has 0 saturated heterocycles. The quantitative estimate of drug-likeness (QED) is 0.416. The van der Waals surface area contributed by atoms with Gasteiger partial charge in [0.15, 0.2) is 0 Å². The Balaban J connectivity index is 0. The second-order valence-corrected chi connectivity index (χ2v) is 9.51. The molecule has 2 aromatic rings. The smallest absolute Gasteiger partial charge is 0.377 e. The third-order valence-corrected chi connectivity index (χ3v) is 5.30. The Morgan fingerprint density at radius 2 is 1.69 bits per heavy atom. The zero-order chi connectivity index (χ0) is 30.1. The Bertz CT molecular complexity index is 1140. The third-order valence-electron chi connectivity index (χ3n) is 5.30. The number of benzene rings is 1. The third kappa shape index (κ3) is 9.88. The first-order valence-corrected chi connectivity index (χ1v) is 12.5. The molecule has 0 aliphatic heterocycles. The monoisotopic (exact) mass is 562 g/mol. The van der Waals surface area contributed by atoms with Gasteiger partial charge in [0.05, 0.1) is 18.2 Å². The Hall–Kier alpha value is -3.64. The van der Waals surface area contributed by atoms with Crippen molar-refractivity contribution < 1.29 is 34.8 Å². The zero-order valence-corrected chi connectivity index (χ0v) is 23.6. The summed E-state index contributed by atoms with van der Waals surface area (Å²) in [6.07, 6.45) is -1.86. The van der Waals surface area contributed by atoms with Gasteiger partial charge in [-0.3, -0.25) is 19.1 Å². The van der Waals surface area contributed by atoms with Crippen LogP contribution in [0, 0.1) is 5.82 Å². The van der Waals surface area contributed by atoms with E-state index in [9.17, 15) is 31.9 Å². The van der Waals surface area contributed by atoms with Gasteiger partial charge in [-0.25, -0.2) is 4.39 Å². The van der Waals surface area contributed by atoms with Crippen molar-refractivity contribution in [1.29, 1.82) is 0 Å². The number of likely N-dealkylation sites (N-methyl/N-ethyl adjacent to an activating group) is 1. The first-order valence-electron chi connectivity index (χ1n) is 12.5. The van der Waals surface area contributed by atoms with Crippen LogP contribution in [0.25, 0.3) is 0 Å². The summed E-state index contributed by atoms with van der Waals surface area (Å²) in [5, 5.41) is 8.87. The lowest BCUT2D eigenvalue weighted by Crippen LogP contribution is -2.38. The minimum absolute atomic E-state index is 0. The van der Waals surface area contributed by atoms with Gasteiger partial charge in [0.1, 0.15) is 18.1 Å². The van der Waals surface area contributed by atoms with Crippen molar-refractivity contribution in [3.05, 3.63) is 41.5 Å². The van der Waals surface area contributed by atoms with E-state index in [0.717, 1.165) is 13.1 Å². The number of halogens is 4. The maximum absolute atomic E-state index is 14.9. The van der Waals surface area contributed by atoms with E-state index in [1.165, 1.54) is 36.4 Å². The highest BCUT2D eigenvalue weighted by molar-refractivity contribution is 5.99. The van der Waals surface area contributed by atoms with Crippen molar-refractivity contribution in [1.82, 2.24) is 20.0 Å². The molecule has 0 aliphatic carbocycles. The number of amides is 3. The number of hydrogen-bond acceptors (Lipinski definition) is 5. The van der Waals surface area contributed by atoms with Crippen LogP contribution in [0.5, 0.6) is 0 Å². The lowest BCUT2D eigenvalue weighted by Gasteiger charge is -2.26. The lowest BCUT2D eigenvalue weighted by molar-refractivity contribution is -0.159. The number of carbonyl (C=O) groups excluding carboxylic acids is 3. The summed E-state index contributed by atoms with van der Waals surface area (Å²) in [7, 11) is 4.24. The molecule has 1 unspecified atom stereocenters. The average molecular weight is 563 g/mol. The Morgan fingerprint density at radius 1 is 1.10 bits per heavy atom. The van der Waals surface area contributed by atoms with Crippen molar-refractivity contribution in [2.75, 3.05) is 44.4 Å². The van der Waals surface area contributed by atoms with Crippen LogP contribution in [0.3, 0.4) is 0 Å². The summed E-state index contributed by atoms with van der Waals surface area (Å²) in [6.45, 7) is 7.43. The van der Waals surface area contributed by atoms with Gasteiger partial charge in [-0.05, 0) is 44.5 Å². The molecule has 2 N–H and O–H groups in total. The molecule has 0 aliphatic rings. The van der Waals surface area contributed by atoms with Gasteiger partial charge in [0, 0.05) is 41.9 Å². The molecule has 1 heterocycles. The van der Waals surface area contributed by atoms with Crippen LogP contribution in [-0.4, -0.2) is 72.8 Å². The highest BCUT2D eigenvalue weighted by atomic mass is 19.4. The topological polar surface area (TPSA) is 99.6 Å². The van der Waals surface area contributed by atoms with E-state index in [0.29, 0.717) is 10.6 Å². The molecule has 9 nitrogen and oxygen atoms in total. The lowest BCUT2D eigenvalue weighted by atomic mass is 9.96. The first-order chi connectivity index (χ1) is 18.0. The fourth-order valence-corrected chi connectivity index (χ4v) is 3.57. The number of aromatic nitrogens is 2. The van der Waals surface area contributed by atoms with Crippen molar-refractivity contribution in [3.63, 3.8) is 0 Å². The van der Waals surface area contributed by atoms with Crippen LogP contribution >= 0.6 is 0 Å². The second-order valence-electron chi connectivity index (χ2n) is 9.51. The summed E-state index contributed by atoms with van der Waals surface area (Å²) < 4.78 is 54.4. The summed E-state index contributed by atoms with van der Waals surface area (Å²) in [6, 6.07) is 3.72. The number of hydrogen-bond donors (Lipinski definition) is 2. The molecule has 1 aromatic carbocycles. The van der Waals surface area contributed by atoms with Crippen LogP contribution in [0.15, 0.2) is 24.4 Å². The summed E-state index contributed by atoms with van der Waals surface area (Å²) in [5.41, 5.74) is 0.539. The summed E-state index contributed by atoms with van der Waals surface area (Å²) >= 11 is 0. The molecule has 1 atom stereocenters. The Kier molecular flexibility index (Phi) is 12.4. The maximum atomic E-state index is 14.9. The van der Waals surface area contributed by atoms with Crippen molar-refractivity contribution in [2.45, 2.75) is 59.2 Å². The number of rotatable bonds is 9. The SMILES string of the molecule is CC(C(=O)N(C)CC(F)(F)F)c1cc(F)c(NC(=O)CNC(=O)c2ccnn2C(C)C)cc1N(C)C.CCC.[HH].[HH]. The van der Waals surface area contributed by atoms with Gasteiger partial charge >= 0.3 is 6.18 Å². The fourth-order valence-electron chi connectivity index (χ4n) is 3.57. The standard InChI is InChI=1S/C23H30F4N6O3.C3H8.2H2/c1-13(2)33-18(7-8-29-33)21(35)28-11-20(34)30-17-10-19(31(4)5)15(9-16(17)24)14(3)22(36)32(6)12-23(25,26)27;1-3-2;;/h7-10,13-14H,11-12H2,1-6H3,(H,28,35)(H,30,34);3H2,1-2H3;2*1H. The highest BCUT2D eigenvalue weighted by Gasteiger charge is 2.33. The molecule has 3 amide bonds. The first kappa shape index (κ1) is 33.4. The van der Waals surface area contributed by atoms with Gasteiger partial charge in [-0.1, -0.05) is 20.3 Å². The summed E-state index contributed by atoms with van der Waals surface area (Å²) in [4.78, 5) is 39.4. The molecule has 39 heavy (non-hydrogen) atoms. The van der Waals surface area contributed by atoms with E-state index in [2.05, 4.69) is 29.6 Å². The van der Waals surface area contributed by atoms with E-state index < -0.39 is 48.7 Å². The van der Waals surface area contributed by atoms with E-state index in [1.54, 1.807) is 19.0 Å². The van der Waals surface area contributed by atoms with Crippen molar-refractivity contribution in [2.24, 2.45) is 0 Å². The molecular weight excluding hydrogens is 520 g/mol. The number of nitrogens with one attached hydrogen (secondary N) is 2. The predicted molar refractivity (Wildman–Crippen MR) is 147 cm³/mol. The van der Waals surface area contributed by atoms with Crippen LogP contribution in [-0.2, 0) is 9.59 Å². The number of anilines is 2. The Labute approximate surface area is 229 Å². The molecule has 1 aromatic heterocycles. The molecule has 0 saturated carbocycles. The average Bonchev–Trinajstić information content (AvgIpc) is 3.32. The van der Waals surface area contributed by atoms with Gasteiger partial charge < -0.3 is 20.4 Å². The predicted octanol–water partition coefficient (Wildman–Crippen LogP) is 5.07. The van der Waals surface area contributed by atoms with Gasteiger partial charge in [0.2, 0.25) is 11.8 Å². The van der Waals surface area contributed by atoms with Gasteiger partial charge in [-0.15, -0.1) is 0 Å². The molecule has 0 bridgehead atoms. The van der Waals surface area contributed by atoms with Gasteiger partial charge in [0.25, 0.3) is 5.91 Å². The van der Waals surface area contributed by atoms with Crippen molar-refractivity contribution in [3.8, 4) is 0 Å². The molecule has 0 fully saturated rings. The second kappa shape index (κ2) is 14.5. The minimum atomic E-state index is -4.57. The summed E-state index contributed by atoms with van der Waals surface area (Å²) in [5.74, 6) is -4.04. The van der Waals surface area contributed by atoms with E-state index in [4.69, 9.17) is 0 Å². The molecule has 0 spiro atoms. The largest absolute Gasteiger partial charge is 0.406 e. The number of carbonyl (C=O) groups is 3. The molecule has 2 rings (SSSR count). The fraction of sp³-hybridized carbons (Fsp3) is 0.538. The maximum Gasteiger partial charge on any atom is 0.406 e. The Morgan fingerprint density at radius 3 is 2.21 bits per heavy atom. The van der Waals surface area contributed by atoms with Crippen LogP contribution in [0.4, 0.5) is 28.9 Å². The highest BCUT2D eigenvalue weighted by Crippen LogP contribution is 2.33. The molecular formula is C26H42F4N6O3. The van der Waals surface area contributed by atoms with E-state index in [-0.39, 0.29) is 25.8 Å².